The second kappa shape index (κ2) is 6.60. The van der Waals surface area contributed by atoms with E-state index in [1.165, 1.54) is 7.11 Å². The second-order valence-electron chi connectivity index (χ2n) is 5.49. The van der Waals surface area contributed by atoms with Crippen LogP contribution in [0.1, 0.15) is 23.0 Å². The summed E-state index contributed by atoms with van der Waals surface area (Å²) in [6, 6.07) is 13.1. The lowest BCUT2D eigenvalue weighted by atomic mass is 9.81. The van der Waals surface area contributed by atoms with Crippen LogP contribution in [0.4, 0.5) is 0 Å². The highest BCUT2D eigenvalue weighted by Crippen LogP contribution is 2.47. The first-order valence-electron chi connectivity index (χ1n) is 7.44. The molecule has 2 aromatic carbocycles. The minimum Gasteiger partial charge on any atom is -0.469 e. The lowest BCUT2D eigenvalue weighted by Gasteiger charge is -2.24. The number of benzene rings is 2. The molecule has 2 aromatic rings. The molecule has 0 unspecified atom stereocenters. The summed E-state index contributed by atoms with van der Waals surface area (Å²) in [6.45, 7) is 0.602. The summed E-state index contributed by atoms with van der Waals surface area (Å²) >= 11 is 6.18. The first-order chi connectivity index (χ1) is 11.2. The Morgan fingerprint density at radius 2 is 1.96 bits per heavy atom. The third kappa shape index (κ3) is 2.92. The normalized spacial score (nSPS) is 19.1. The molecular weight excluding hydrogens is 314 g/mol. The number of esters is 1. The van der Waals surface area contributed by atoms with E-state index in [1.807, 2.05) is 43.4 Å². The molecule has 1 aliphatic rings. The zero-order valence-electron chi connectivity index (χ0n) is 13.0. The predicted octanol–water partition coefficient (Wildman–Crippen LogP) is 3.71. The Balaban J connectivity index is 2.23. The van der Waals surface area contributed by atoms with E-state index >= 15 is 0 Å². The van der Waals surface area contributed by atoms with Gasteiger partial charge in [-0.15, -0.1) is 0 Å². The van der Waals surface area contributed by atoms with E-state index in [0.717, 1.165) is 11.1 Å². The molecule has 23 heavy (non-hydrogen) atoms. The molecule has 2 atom stereocenters. The van der Waals surface area contributed by atoms with Crippen LogP contribution in [-0.4, -0.2) is 26.7 Å². The van der Waals surface area contributed by atoms with Crippen molar-refractivity contribution in [2.45, 2.75) is 11.8 Å². The quantitative estimate of drug-likeness (QED) is 0.871. The number of methoxy groups -OCH3 is 1. The largest absolute Gasteiger partial charge is 0.469 e. The maximum absolute atomic E-state index is 12.5. The summed E-state index contributed by atoms with van der Waals surface area (Å²) in [6.07, 6.45) is 0. The van der Waals surface area contributed by atoms with E-state index in [9.17, 15) is 4.79 Å². The van der Waals surface area contributed by atoms with Gasteiger partial charge in [-0.3, -0.25) is 4.79 Å². The number of fused-ring (bicyclic) bond motifs is 2. The predicted molar refractivity (Wildman–Crippen MR) is 89.4 cm³/mol. The lowest BCUT2D eigenvalue weighted by molar-refractivity contribution is -0.143. The van der Waals surface area contributed by atoms with Gasteiger partial charge in [0.25, 0.3) is 0 Å². The average Bonchev–Trinajstić information content (AvgIpc) is 2.69. The Bertz CT molecular complexity index is 732. The molecule has 1 heterocycles. The van der Waals surface area contributed by atoms with Crippen LogP contribution in [0, 0.1) is 0 Å². The zero-order chi connectivity index (χ0) is 16.4. The van der Waals surface area contributed by atoms with E-state index in [-0.39, 0.29) is 11.9 Å². The summed E-state index contributed by atoms with van der Waals surface area (Å²) in [4.78, 5) is 12.5. The third-order valence-corrected chi connectivity index (χ3v) is 4.36. The Labute approximate surface area is 140 Å². The van der Waals surface area contributed by atoms with Gasteiger partial charge in [-0.1, -0.05) is 29.8 Å². The zero-order valence-corrected chi connectivity index (χ0v) is 13.8. The van der Waals surface area contributed by atoms with Gasteiger partial charge >= 0.3 is 5.97 Å². The molecule has 0 bridgehead atoms. The molecule has 0 saturated heterocycles. The van der Waals surface area contributed by atoms with Gasteiger partial charge < -0.3 is 14.8 Å². The summed E-state index contributed by atoms with van der Waals surface area (Å²) in [5, 5.41) is 3.77. The van der Waals surface area contributed by atoms with Gasteiger partial charge in [0, 0.05) is 28.6 Å². The lowest BCUT2D eigenvalue weighted by Crippen LogP contribution is -2.28. The molecule has 1 aliphatic heterocycles. The molecule has 0 fully saturated rings. The van der Waals surface area contributed by atoms with Crippen LogP contribution in [0.2, 0.25) is 5.02 Å². The van der Waals surface area contributed by atoms with Gasteiger partial charge in [-0.25, -0.2) is 0 Å². The van der Waals surface area contributed by atoms with Crippen molar-refractivity contribution in [1.29, 1.82) is 0 Å². The molecule has 4 nitrogen and oxygen atoms in total. The fourth-order valence-electron chi connectivity index (χ4n) is 3.11. The number of rotatable bonds is 3. The minimum atomic E-state index is -0.455. The van der Waals surface area contributed by atoms with Crippen molar-refractivity contribution < 1.29 is 14.3 Å². The van der Waals surface area contributed by atoms with Crippen molar-refractivity contribution >= 4 is 17.6 Å². The molecule has 0 aliphatic carbocycles. The van der Waals surface area contributed by atoms with Crippen LogP contribution in [0.25, 0.3) is 0 Å². The second-order valence-corrected chi connectivity index (χ2v) is 5.92. The summed E-state index contributed by atoms with van der Waals surface area (Å²) < 4.78 is 11.1. The number of ether oxygens (including phenoxy) is 2. The summed E-state index contributed by atoms with van der Waals surface area (Å²) in [5.74, 6) is 0.515. The van der Waals surface area contributed by atoms with Crippen LogP contribution in [0.3, 0.4) is 0 Å². The van der Waals surface area contributed by atoms with E-state index in [1.54, 1.807) is 6.07 Å². The van der Waals surface area contributed by atoms with E-state index in [4.69, 9.17) is 21.1 Å². The molecule has 0 saturated carbocycles. The van der Waals surface area contributed by atoms with Crippen molar-refractivity contribution in [3.63, 3.8) is 0 Å². The van der Waals surface area contributed by atoms with Gasteiger partial charge in [0.2, 0.25) is 0 Å². The molecule has 0 radical (unpaired) electrons. The maximum Gasteiger partial charge on any atom is 0.313 e. The van der Waals surface area contributed by atoms with Crippen molar-refractivity contribution in [2.24, 2.45) is 0 Å². The molecule has 5 heteroatoms. The Hall–Kier alpha value is -2.04. The van der Waals surface area contributed by atoms with Gasteiger partial charge in [0.05, 0.1) is 13.0 Å². The average molecular weight is 332 g/mol. The van der Waals surface area contributed by atoms with Gasteiger partial charge in [0.15, 0.2) is 0 Å². The topological polar surface area (TPSA) is 47.6 Å². The summed E-state index contributed by atoms with van der Waals surface area (Å²) in [5.41, 5.74) is 1.73. The number of carbonyl (C=O) groups excluding carboxylic acids is 1. The number of carbonyl (C=O) groups is 1. The first kappa shape index (κ1) is 15.8. The van der Waals surface area contributed by atoms with Crippen LogP contribution < -0.4 is 10.1 Å². The third-order valence-electron chi connectivity index (χ3n) is 4.13. The molecule has 0 amide bonds. The molecule has 0 aromatic heterocycles. The maximum atomic E-state index is 12.5. The monoisotopic (exact) mass is 331 g/mol. The SMILES string of the molecule is CNC[C@@H]1c2cc(Cl)ccc2Oc2ccccc2[C@H]1C(=O)OC. The smallest absolute Gasteiger partial charge is 0.313 e. The van der Waals surface area contributed by atoms with Crippen molar-refractivity contribution in [1.82, 2.24) is 5.32 Å². The fraction of sp³-hybridized carbons (Fsp3) is 0.278. The van der Waals surface area contributed by atoms with Crippen LogP contribution in [0.15, 0.2) is 42.5 Å². The number of likely N-dealkylation sites (N-methyl/N-ethyl adjacent to an activating group) is 1. The van der Waals surface area contributed by atoms with Crippen molar-refractivity contribution in [2.75, 3.05) is 20.7 Å². The Kier molecular flexibility index (Phi) is 4.55. The van der Waals surface area contributed by atoms with Crippen molar-refractivity contribution in [3.05, 3.63) is 58.6 Å². The fourth-order valence-corrected chi connectivity index (χ4v) is 3.29. The Morgan fingerprint density at radius 3 is 2.70 bits per heavy atom. The summed E-state index contributed by atoms with van der Waals surface area (Å²) in [7, 11) is 3.27. The standard InChI is InChI=1S/C18H18ClNO3/c1-20-10-14-13-9-11(19)7-8-16(13)23-15-6-4-3-5-12(15)17(14)18(21)22-2/h3-9,14,17,20H,10H2,1-2H3/t14-,17-/m1/s1. The molecule has 3 rings (SSSR count). The van der Waals surface area contributed by atoms with Gasteiger partial charge in [0.1, 0.15) is 11.5 Å². The van der Waals surface area contributed by atoms with Crippen LogP contribution in [-0.2, 0) is 9.53 Å². The number of para-hydroxylation sites is 1. The number of hydrogen-bond acceptors (Lipinski definition) is 4. The first-order valence-corrected chi connectivity index (χ1v) is 7.82. The molecular formula is C18H18ClNO3. The molecule has 1 N–H and O–H groups in total. The van der Waals surface area contributed by atoms with Gasteiger partial charge in [-0.2, -0.15) is 0 Å². The van der Waals surface area contributed by atoms with E-state index < -0.39 is 5.92 Å². The Morgan fingerprint density at radius 1 is 1.22 bits per heavy atom. The molecule has 120 valence electrons. The number of halogens is 1. The van der Waals surface area contributed by atoms with Gasteiger partial charge in [-0.05, 0) is 31.3 Å². The van der Waals surface area contributed by atoms with Crippen LogP contribution in [0.5, 0.6) is 11.5 Å². The highest BCUT2D eigenvalue weighted by molar-refractivity contribution is 6.30. The van der Waals surface area contributed by atoms with E-state index in [2.05, 4.69) is 5.32 Å². The highest BCUT2D eigenvalue weighted by atomic mass is 35.5. The highest BCUT2D eigenvalue weighted by Gasteiger charge is 2.37. The number of nitrogens with one attached hydrogen (secondary N) is 1. The van der Waals surface area contributed by atoms with Crippen molar-refractivity contribution in [3.8, 4) is 11.5 Å². The minimum absolute atomic E-state index is 0.134. The molecule has 0 spiro atoms. The van der Waals surface area contributed by atoms with E-state index in [0.29, 0.717) is 23.1 Å². The number of hydrogen-bond donors (Lipinski definition) is 1. The van der Waals surface area contributed by atoms with Crippen LogP contribution >= 0.6 is 11.6 Å².